The summed E-state index contributed by atoms with van der Waals surface area (Å²) in [7, 11) is 0. The monoisotopic (exact) mass is 276 g/mol. The molecule has 0 rings (SSSR count). The smallest absolute Gasteiger partial charge is 0.303 e. The number of aliphatic hydroxyl groups excluding tert-OH is 1. The Bertz CT molecular complexity index is 331. The van der Waals surface area contributed by atoms with Crippen LogP contribution in [0.3, 0.4) is 0 Å². The van der Waals surface area contributed by atoms with Crippen molar-refractivity contribution in [2.45, 2.75) is 51.0 Å². The van der Waals surface area contributed by atoms with Crippen LogP contribution in [0.1, 0.15) is 32.6 Å². The number of carbonyl (C=O) groups is 3. The molecule has 0 aromatic carbocycles. The summed E-state index contributed by atoms with van der Waals surface area (Å²) in [6.07, 6.45) is -1.82. The number of hydrogen-bond donors (Lipinski definition) is 5. The van der Waals surface area contributed by atoms with Crippen molar-refractivity contribution in [1.29, 1.82) is 0 Å². The van der Waals surface area contributed by atoms with Crippen molar-refractivity contribution in [2.24, 2.45) is 5.73 Å². The zero-order valence-corrected chi connectivity index (χ0v) is 10.7. The van der Waals surface area contributed by atoms with Gasteiger partial charge in [-0.15, -0.1) is 0 Å². The second-order valence-corrected chi connectivity index (χ2v) is 4.27. The number of ketones is 1. The van der Waals surface area contributed by atoms with Crippen LogP contribution in [0.5, 0.6) is 0 Å². The molecule has 0 radical (unpaired) electrons. The number of nitrogens with one attached hydrogen (secondary N) is 1. The maximum Gasteiger partial charge on any atom is 0.303 e. The van der Waals surface area contributed by atoms with E-state index in [1.165, 1.54) is 6.92 Å². The second-order valence-electron chi connectivity index (χ2n) is 4.27. The van der Waals surface area contributed by atoms with E-state index < -0.39 is 30.3 Å². The van der Waals surface area contributed by atoms with Gasteiger partial charge < -0.3 is 26.4 Å². The van der Waals surface area contributed by atoms with E-state index in [1.54, 1.807) is 0 Å². The van der Waals surface area contributed by atoms with E-state index in [1.807, 2.05) is 0 Å². The highest BCUT2D eigenvalue weighted by Gasteiger charge is 2.22. The minimum absolute atomic E-state index is 0.0333. The zero-order valence-electron chi connectivity index (χ0n) is 10.7. The first-order valence-electron chi connectivity index (χ1n) is 5.88. The fraction of sp³-hybridized carbons (Fsp3) is 0.727. The predicted molar refractivity (Wildman–Crippen MR) is 64.9 cm³/mol. The summed E-state index contributed by atoms with van der Waals surface area (Å²) in [4.78, 5) is 33.2. The molecule has 2 atom stereocenters. The van der Waals surface area contributed by atoms with Crippen molar-refractivity contribution in [3.05, 3.63) is 0 Å². The average Bonchev–Trinajstić information content (AvgIpc) is 2.30. The summed E-state index contributed by atoms with van der Waals surface area (Å²) >= 11 is 0. The Balaban J connectivity index is 4.29. The van der Waals surface area contributed by atoms with E-state index in [-0.39, 0.29) is 31.5 Å². The Kier molecular flexibility index (Phi) is 7.89. The summed E-state index contributed by atoms with van der Waals surface area (Å²) in [6, 6.07) is -1.87. The molecule has 0 bridgehead atoms. The number of hydrogen-bond acceptors (Lipinski definition) is 6. The van der Waals surface area contributed by atoms with E-state index in [0.29, 0.717) is 0 Å². The number of amides is 1. The highest BCUT2D eigenvalue weighted by Crippen LogP contribution is 2.03. The Morgan fingerprint density at radius 2 is 1.74 bits per heavy atom. The van der Waals surface area contributed by atoms with E-state index in [4.69, 9.17) is 21.1 Å². The van der Waals surface area contributed by atoms with Crippen LogP contribution in [0, 0.1) is 0 Å². The van der Waals surface area contributed by atoms with Crippen LogP contribution in [0.25, 0.3) is 0 Å². The van der Waals surface area contributed by atoms with Crippen molar-refractivity contribution in [3.8, 4) is 0 Å². The number of Topliss-reactive ketones (excluding diaryl/α,β-unsaturated/α-hetero) is 1. The van der Waals surface area contributed by atoms with Crippen LogP contribution in [0.4, 0.5) is 0 Å². The predicted octanol–water partition coefficient (Wildman–Crippen LogP) is -1.66. The molecule has 0 saturated heterocycles. The molecule has 1 amide bonds. The van der Waals surface area contributed by atoms with Crippen molar-refractivity contribution in [1.82, 2.24) is 5.32 Å². The molecule has 2 unspecified atom stereocenters. The first-order valence-corrected chi connectivity index (χ1v) is 5.88. The molecule has 0 aromatic heterocycles. The lowest BCUT2D eigenvalue weighted by Crippen LogP contribution is -2.48. The fourth-order valence-corrected chi connectivity index (χ4v) is 1.38. The topological polar surface area (TPSA) is 150 Å². The van der Waals surface area contributed by atoms with Crippen LogP contribution >= 0.6 is 0 Å². The van der Waals surface area contributed by atoms with Gasteiger partial charge in [0.05, 0.1) is 12.1 Å². The molecule has 110 valence electrons. The van der Waals surface area contributed by atoms with Gasteiger partial charge in [-0.05, 0) is 19.8 Å². The van der Waals surface area contributed by atoms with Gasteiger partial charge in [0.1, 0.15) is 0 Å². The summed E-state index contributed by atoms with van der Waals surface area (Å²) < 4.78 is 0. The molecule has 8 heteroatoms. The Morgan fingerprint density at radius 3 is 2.16 bits per heavy atom. The second kappa shape index (κ2) is 8.57. The van der Waals surface area contributed by atoms with E-state index >= 15 is 0 Å². The van der Waals surface area contributed by atoms with Gasteiger partial charge >= 0.3 is 5.97 Å². The van der Waals surface area contributed by atoms with Gasteiger partial charge in [0.25, 0.3) is 0 Å². The standard InChI is InChI=1S/C11H20N2O6/c1-6(14)8(3-5-10(17)18)13-11(19)7(12)2-4-9(15)16/h7-8,10,17-18H,2-5,12H2,1H3,(H,13,19)(H,15,16). The Morgan fingerprint density at radius 1 is 1.16 bits per heavy atom. The highest BCUT2D eigenvalue weighted by molar-refractivity contribution is 5.89. The van der Waals surface area contributed by atoms with Crippen molar-refractivity contribution in [3.63, 3.8) is 0 Å². The van der Waals surface area contributed by atoms with Gasteiger partial charge in [0.2, 0.25) is 5.91 Å². The van der Waals surface area contributed by atoms with Crippen LogP contribution in [0.2, 0.25) is 0 Å². The summed E-state index contributed by atoms with van der Waals surface area (Å²) in [5.41, 5.74) is 5.48. The molecule has 0 heterocycles. The van der Waals surface area contributed by atoms with Crippen molar-refractivity contribution in [2.75, 3.05) is 0 Å². The third-order valence-electron chi connectivity index (χ3n) is 2.53. The first kappa shape index (κ1) is 17.5. The van der Waals surface area contributed by atoms with E-state index in [0.717, 1.165) is 0 Å². The molecular weight excluding hydrogens is 256 g/mol. The molecule has 6 N–H and O–H groups in total. The lowest BCUT2D eigenvalue weighted by atomic mass is 10.1. The van der Waals surface area contributed by atoms with E-state index in [9.17, 15) is 14.4 Å². The minimum Gasteiger partial charge on any atom is -0.481 e. The third kappa shape index (κ3) is 8.25. The largest absolute Gasteiger partial charge is 0.481 e. The number of aliphatic carboxylic acids is 1. The molecular formula is C11H20N2O6. The van der Waals surface area contributed by atoms with Crippen molar-refractivity contribution < 1.29 is 29.7 Å². The van der Waals surface area contributed by atoms with E-state index in [2.05, 4.69) is 5.32 Å². The van der Waals surface area contributed by atoms with Gasteiger partial charge in [0.15, 0.2) is 12.1 Å². The molecule has 0 saturated carbocycles. The summed E-state index contributed by atoms with van der Waals surface area (Å²) in [5, 5.41) is 28.3. The van der Waals surface area contributed by atoms with Gasteiger partial charge in [-0.2, -0.15) is 0 Å². The number of rotatable bonds is 9. The van der Waals surface area contributed by atoms with Crippen LogP contribution in [0.15, 0.2) is 0 Å². The normalized spacial score (nSPS) is 13.9. The Labute approximate surface area is 110 Å². The van der Waals surface area contributed by atoms with Crippen LogP contribution in [-0.4, -0.2) is 51.4 Å². The van der Waals surface area contributed by atoms with Gasteiger partial charge in [-0.25, -0.2) is 0 Å². The molecule has 0 aliphatic carbocycles. The lowest BCUT2D eigenvalue weighted by molar-refractivity contribution is -0.137. The maximum atomic E-state index is 11.6. The molecule has 0 aromatic rings. The van der Waals surface area contributed by atoms with Crippen molar-refractivity contribution >= 4 is 17.7 Å². The number of carboxylic acids is 1. The lowest BCUT2D eigenvalue weighted by Gasteiger charge is -2.19. The zero-order chi connectivity index (χ0) is 15.0. The molecule has 8 nitrogen and oxygen atoms in total. The third-order valence-corrected chi connectivity index (χ3v) is 2.53. The quantitative estimate of drug-likeness (QED) is 0.316. The van der Waals surface area contributed by atoms with Gasteiger partial charge in [-0.1, -0.05) is 0 Å². The fourth-order valence-electron chi connectivity index (χ4n) is 1.38. The maximum absolute atomic E-state index is 11.6. The molecule has 0 spiro atoms. The highest BCUT2D eigenvalue weighted by atomic mass is 16.5. The van der Waals surface area contributed by atoms with Gasteiger partial charge in [0, 0.05) is 12.8 Å². The summed E-state index contributed by atoms with van der Waals surface area (Å²) in [6.45, 7) is 1.26. The average molecular weight is 276 g/mol. The van der Waals surface area contributed by atoms with Gasteiger partial charge in [-0.3, -0.25) is 14.4 Å². The molecule has 0 aliphatic rings. The number of aliphatic hydroxyl groups is 2. The molecule has 0 aliphatic heterocycles. The number of carboxylic acid groups (broad SMARTS) is 1. The minimum atomic E-state index is -1.56. The summed E-state index contributed by atoms with van der Waals surface area (Å²) in [5.74, 6) is -2.02. The van der Waals surface area contributed by atoms with Crippen LogP contribution < -0.4 is 11.1 Å². The number of carbonyl (C=O) groups excluding carboxylic acids is 2. The molecule has 0 fully saturated rings. The first-order chi connectivity index (χ1) is 8.73. The Hall–Kier alpha value is -1.51. The SMILES string of the molecule is CC(=O)C(CCC(O)O)NC(=O)C(N)CCC(=O)O. The molecule has 19 heavy (non-hydrogen) atoms. The number of nitrogens with two attached hydrogens (primary N) is 1. The van der Waals surface area contributed by atoms with Crippen LogP contribution in [-0.2, 0) is 14.4 Å².